The van der Waals surface area contributed by atoms with Crippen LogP contribution in [0.2, 0.25) is 0 Å². The van der Waals surface area contributed by atoms with Crippen LogP contribution in [0.3, 0.4) is 0 Å². The van der Waals surface area contributed by atoms with E-state index in [2.05, 4.69) is 5.32 Å². The van der Waals surface area contributed by atoms with E-state index in [0.29, 0.717) is 51.8 Å². The number of cyclic esters (lactones) is 1. The summed E-state index contributed by atoms with van der Waals surface area (Å²) in [5.74, 6) is -1.41. The number of nitrogens with two attached hydrogens (primary N) is 1. The maximum Gasteiger partial charge on any atom is 0.407 e. The Kier molecular flexibility index (Phi) is 4.68. The van der Waals surface area contributed by atoms with Gasteiger partial charge in [0.15, 0.2) is 5.60 Å². The zero-order chi connectivity index (χ0) is 25.5. The Bertz CT molecular complexity index is 1580. The van der Waals surface area contributed by atoms with Gasteiger partial charge in [-0.1, -0.05) is 6.92 Å². The first-order valence-electron chi connectivity index (χ1n) is 11.6. The summed E-state index contributed by atoms with van der Waals surface area (Å²) in [6.07, 6.45) is 0.265. The van der Waals surface area contributed by atoms with Gasteiger partial charge in [0.1, 0.15) is 12.4 Å². The van der Waals surface area contributed by atoms with Crippen LogP contribution in [0.15, 0.2) is 16.9 Å². The highest BCUT2D eigenvalue weighted by atomic mass is 19.1. The van der Waals surface area contributed by atoms with Crippen molar-refractivity contribution in [2.75, 3.05) is 12.8 Å². The summed E-state index contributed by atoms with van der Waals surface area (Å²) in [7, 11) is 1.27. The van der Waals surface area contributed by atoms with Gasteiger partial charge >= 0.3 is 12.1 Å². The number of ether oxygens (including phenoxy) is 2. The molecular formula is C25H23FN4O6. The van der Waals surface area contributed by atoms with Crippen LogP contribution in [0.1, 0.15) is 53.6 Å². The van der Waals surface area contributed by atoms with Crippen LogP contribution in [0.4, 0.5) is 14.9 Å². The monoisotopic (exact) mass is 494 g/mol. The summed E-state index contributed by atoms with van der Waals surface area (Å²) in [5, 5.41) is 14.6. The molecule has 1 aromatic carbocycles. The molecule has 0 spiro atoms. The average Bonchev–Trinajstić information content (AvgIpc) is 3.24. The molecule has 36 heavy (non-hydrogen) atoms. The third-order valence-electron chi connectivity index (χ3n) is 7.63. The Hall–Kier alpha value is -3.99. The molecule has 4 N–H and O–H groups in total. The highest BCUT2D eigenvalue weighted by Crippen LogP contribution is 2.46. The molecule has 3 aliphatic rings. The normalized spacial score (nSPS) is 21.4. The van der Waals surface area contributed by atoms with Gasteiger partial charge in [0, 0.05) is 22.6 Å². The molecule has 0 unspecified atom stereocenters. The number of carbonyl (C=O) groups excluding carboxylic acids is 2. The highest BCUT2D eigenvalue weighted by Gasteiger charge is 2.46. The van der Waals surface area contributed by atoms with Crippen molar-refractivity contribution in [2.45, 2.75) is 51.0 Å². The van der Waals surface area contributed by atoms with E-state index in [-0.39, 0.29) is 36.4 Å². The van der Waals surface area contributed by atoms with Crippen molar-refractivity contribution in [3.05, 3.63) is 56.1 Å². The van der Waals surface area contributed by atoms with Crippen LogP contribution in [0.25, 0.3) is 22.3 Å². The van der Waals surface area contributed by atoms with Gasteiger partial charge < -0.3 is 30.2 Å². The number of pyridine rings is 2. The van der Waals surface area contributed by atoms with Gasteiger partial charge in [-0.2, -0.15) is 0 Å². The number of aromatic nitrogens is 2. The standard InChI is InChI=1S/C25H23FN4O6/c1-3-25(34)13-6-17-21-11(8-30(17)22(31)12(13)9-36-23(25)32)19-15(29-24(33)35-2)5-4-10-18(19)16(28-21)7-14(26)20(10)27/h6-7,15,34H,3-5,8-9,27H2,1-2H3,(H,29,33)/t15-,25-/m0/s1. The summed E-state index contributed by atoms with van der Waals surface area (Å²) in [5.41, 5.74) is 7.30. The molecular weight excluding hydrogens is 471 g/mol. The van der Waals surface area contributed by atoms with Crippen LogP contribution in [-0.2, 0) is 39.4 Å². The number of halogens is 1. The summed E-state index contributed by atoms with van der Waals surface area (Å²) in [6, 6.07) is 2.36. The number of hydrogen-bond acceptors (Lipinski definition) is 8. The molecule has 1 amide bonds. The van der Waals surface area contributed by atoms with E-state index in [9.17, 15) is 23.9 Å². The zero-order valence-corrected chi connectivity index (χ0v) is 19.6. The van der Waals surface area contributed by atoms with Crippen molar-refractivity contribution in [2.24, 2.45) is 0 Å². The van der Waals surface area contributed by atoms with E-state index in [1.165, 1.54) is 17.7 Å². The van der Waals surface area contributed by atoms with Crippen LogP contribution < -0.4 is 16.6 Å². The van der Waals surface area contributed by atoms with Gasteiger partial charge in [0.25, 0.3) is 5.56 Å². The number of aliphatic hydroxyl groups is 1. The Morgan fingerprint density at radius 1 is 1.36 bits per heavy atom. The number of aryl methyl sites for hydroxylation is 1. The summed E-state index contributed by atoms with van der Waals surface area (Å²) in [4.78, 5) is 42.8. The maximum atomic E-state index is 14.7. The Morgan fingerprint density at radius 2 is 2.14 bits per heavy atom. The molecule has 0 saturated carbocycles. The second-order valence-electron chi connectivity index (χ2n) is 9.33. The number of alkyl carbamates (subject to hydrolysis) is 1. The summed E-state index contributed by atoms with van der Waals surface area (Å²) in [6.45, 7) is 1.53. The first kappa shape index (κ1) is 22.5. The number of benzene rings is 1. The van der Waals surface area contributed by atoms with Crippen molar-refractivity contribution >= 4 is 28.7 Å². The first-order chi connectivity index (χ1) is 17.2. The number of hydrogen-bond donors (Lipinski definition) is 3. The molecule has 0 saturated heterocycles. The van der Waals surface area contributed by atoms with Crippen LogP contribution in [0.5, 0.6) is 0 Å². The fourth-order valence-electron chi connectivity index (χ4n) is 5.76. The van der Waals surface area contributed by atoms with Gasteiger partial charge in [0.2, 0.25) is 0 Å². The SMILES string of the molecule is CC[C@@]1(O)C(=O)OCc2c1cc1n(c2=O)Cc2c-1nc1cc(F)c(N)c3c1c2[C@@H](NC(=O)OC)CC3. The Morgan fingerprint density at radius 3 is 2.86 bits per heavy atom. The third-order valence-corrected chi connectivity index (χ3v) is 7.63. The number of esters is 1. The maximum absolute atomic E-state index is 14.7. The Labute approximate surface area is 203 Å². The highest BCUT2D eigenvalue weighted by molar-refractivity contribution is 5.95. The molecule has 3 aromatic rings. The molecule has 2 atom stereocenters. The molecule has 4 heterocycles. The molecule has 0 radical (unpaired) electrons. The molecule has 6 rings (SSSR count). The van der Waals surface area contributed by atoms with Gasteiger partial charge in [-0.3, -0.25) is 4.79 Å². The molecule has 11 heteroatoms. The van der Waals surface area contributed by atoms with E-state index in [4.69, 9.17) is 20.2 Å². The van der Waals surface area contributed by atoms with Crippen molar-refractivity contribution in [1.82, 2.24) is 14.9 Å². The topological polar surface area (TPSA) is 146 Å². The van der Waals surface area contributed by atoms with Gasteiger partial charge in [-0.15, -0.1) is 0 Å². The quantitative estimate of drug-likeness (QED) is 0.284. The molecule has 0 fully saturated rings. The predicted octanol–water partition coefficient (Wildman–Crippen LogP) is 2.14. The minimum Gasteiger partial charge on any atom is -0.458 e. The minimum absolute atomic E-state index is 0.0178. The largest absolute Gasteiger partial charge is 0.458 e. The molecule has 10 nitrogen and oxygen atoms in total. The number of carbonyl (C=O) groups is 2. The first-order valence-corrected chi connectivity index (χ1v) is 11.6. The van der Waals surface area contributed by atoms with Crippen molar-refractivity contribution in [3.63, 3.8) is 0 Å². The Balaban J connectivity index is 1.66. The second-order valence-corrected chi connectivity index (χ2v) is 9.33. The fourth-order valence-corrected chi connectivity index (χ4v) is 5.76. The van der Waals surface area contributed by atoms with E-state index in [1.54, 1.807) is 13.0 Å². The van der Waals surface area contributed by atoms with Crippen LogP contribution in [0, 0.1) is 5.82 Å². The molecule has 186 valence electrons. The number of nitrogens with zero attached hydrogens (tertiary/aromatic N) is 2. The van der Waals surface area contributed by atoms with Crippen molar-refractivity contribution < 1.29 is 28.6 Å². The summed E-state index contributed by atoms with van der Waals surface area (Å²) >= 11 is 0. The zero-order valence-electron chi connectivity index (χ0n) is 19.6. The lowest BCUT2D eigenvalue weighted by molar-refractivity contribution is -0.172. The smallest absolute Gasteiger partial charge is 0.407 e. The molecule has 2 aliphatic heterocycles. The molecule has 2 aromatic heterocycles. The van der Waals surface area contributed by atoms with Gasteiger partial charge in [-0.25, -0.2) is 19.0 Å². The van der Waals surface area contributed by atoms with E-state index < -0.39 is 35.1 Å². The summed E-state index contributed by atoms with van der Waals surface area (Å²) < 4.78 is 26.2. The van der Waals surface area contributed by atoms with E-state index in [1.807, 2.05) is 0 Å². The number of amides is 1. The van der Waals surface area contributed by atoms with Crippen molar-refractivity contribution in [1.29, 1.82) is 0 Å². The fraction of sp³-hybridized carbons (Fsp3) is 0.360. The predicted molar refractivity (Wildman–Crippen MR) is 125 cm³/mol. The number of nitrogen functional groups attached to an aromatic ring is 1. The van der Waals surface area contributed by atoms with E-state index >= 15 is 0 Å². The lowest BCUT2D eigenvalue weighted by atomic mass is 9.82. The second kappa shape index (κ2) is 7.50. The number of rotatable bonds is 2. The minimum atomic E-state index is -1.96. The van der Waals surface area contributed by atoms with Gasteiger partial charge in [0.05, 0.1) is 47.9 Å². The van der Waals surface area contributed by atoms with Crippen LogP contribution >= 0.6 is 0 Å². The van der Waals surface area contributed by atoms with E-state index in [0.717, 1.165) is 0 Å². The number of methoxy groups -OCH3 is 1. The average molecular weight is 494 g/mol. The number of nitrogens with one attached hydrogen (secondary N) is 1. The third kappa shape index (κ3) is 2.80. The lowest BCUT2D eigenvalue weighted by Gasteiger charge is -2.31. The lowest BCUT2D eigenvalue weighted by Crippen LogP contribution is -2.44. The molecule has 1 aliphatic carbocycles. The molecule has 0 bridgehead atoms. The number of fused-ring (bicyclic) bond motifs is 5. The van der Waals surface area contributed by atoms with Crippen molar-refractivity contribution in [3.8, 4) is 11.4 Å². The number of anilines is 1. The van der Waals surface area contributed by atoms with Gasteiger partial charge in [-0.05, 0) is 36.5 Å². The van der Waals surface area contributed by atoms with Crippen LogP contribution in [-0.4, -0.2) is 33.8 Å².